The summed E-state index contributed by atoms with van der Waals surface area (Å²) in [6.07, 6.45) is 7.60. The van der Waals surface area contributed by atoms with E-state index in [9.17, 15) is 18.8 Å². The normalized spacial score (nSPS) is 20.8. The number of hydrogen-bond donors (Lipinski definition) is 0. The molecule has 2 aliphatic heterocycles. The van der Waals surface area contributed by atoms with Crippen LogP contribution in [0.25, 0.3) is 6.08 Å². The second kappa shape index (κ2) is 8.79. The van der Waals surface area contributed by atoms with Crippen LogP contribution in [0.3, 0.4) is 0 Å². The van der Waals surface area contributed by atoms with Crippen LogP contribution in [-0.2, 0) is 9.59 Å². The first-order valence-electron chi connectivity index (χ1n) is 9.73. The number of aromatic nitrogens is 1. The van der Waals surface area contributed by atoms with Gasteiger partial charge in [-0.1, -0.05) is 18.2 Å². The van der Waals surface area contributed by atoms with Gasteiger partial charge in [0.1, 0.15) is 12.4 Å². The lowest BCUT2D eigenvalue weighted by atomic mass is 9.96. The van der Waals surface area contributed by atoms with Gasteiger partial charge in [0.05, 0.1) is 10.9 Å². The summed E-state index contributed by atoms with van der Waals surface area (Å²) in [5, 5.41) is -0.494. The Hall–Kier alpha value is -3.00. The molecule has 1 atom stereocenters. The monoisotopic (exact) mass is 425 g/mol. The lowest BCUT2D eigenvalue weighted by Crippen LogP contribution is -2.45. The van der Waals surface area contributed by atoms with E-state index < -0.39 is 17.0 Å². The Labute approximate surface area is 177 Å². The van der Waals surface area contributed by atoms with Gasteiger partial charge in [-0.2, -0.15) is 0 Å². The molecule has 3 amide bonds. The lowest BCUT2D eigenvalue weighted by molar-refractivity contribution is -0.138. The number of imide groups is 1. The molecule has 0 bridgehead atoms. The van der Waals surface area contributed by atoms with Crippen molar-refractivity contribution in [2.45, 2.75) is 25.3 Å². The molecule has 0 spiro atoms. The van der Waals surface area contributed by atoms with Gasteiger partial charge in [-0.3, -0.25) is 24.3 Å². The zero-order valence-electron chi connectivity index (χ0n) is 16.2. The summed E-state index contributed by atoms with van der Waals surface area (Å²) in [5.74, 6) is -1.22. The maximum atomic E-state index is 13.4. The lowest BCUT2D eigenvalue weighted by Gasteiger charge is -2.36. The van der Waals surface area contributed by atoms with E-state index in [1.54, 1.807) is 23.4 Å². The molecule has 2 aromatic rings. The number of amides is 3. The van der Waals surface area contributed by atoms with Crippen LogP contribution < -0.4 is 0 Å². The van der Waals surface area contributed by atoms with E-state index in [-0.39, 0.29) is 23.4 Å². The first-order chi connectivity index (χ1) is 14.5. The smallest absolute Gasteiger partial charge is 0.294 e. The SMILES string of the molecule is O=C1S/C(=C\c2cccc(F)c2)C(=O)N1CC(=O)N1CCCC[C@H]1c1cccnc1. The minimum Gasteiger partial charge on any atom is -0.334 e. The second-order valence-electron chi connectivity index (χ2n) is 7.21. The third kappa shape index (κ3) is 4.28. The van der Waals surface area contributed by atoms with Gasteiger partial charge < -0.3 is 4.90 Å². The summed E-state index contributed by atoms with van der Waals surface area (Å²) in [6.45, 7) is 0.273. The predicted molar refractivity (Wildman–Crippen MR) is 112 cm³/mol. The number of pyridine rings is 1. The molecule has 8 heteroatoms. The molecule has 2 fully saturated rings. The Morgan fingerprint density at radius 3 is 2.87 bits per heavy atom. The second-order valence-corrected chi connectivity index (χ2v) is 8.20. The fourth-order valence-electron chi connectivity index (χ4n) is 3.76. The minimum absolute atomic E-state index is 0.109. The number of likely N-dealkylation sites (tertiary alicyclic amines) is 1. The molecule has 0 unspecified atom stereocenters. The van der Waals surface area contributed by atoms with E-state index in [1.807, 2.05) is 12.1 Å². The Morgan fingerprint density at radius 1 is 1.23 bits per heavy atom. The fourth-order valence-corrected chi connectivity index (χ4v) is 4.60. The predicted octanol–water partition coefficient (Wildman–Crippen LogP) is 4.01. The molecular formula is C22H20FN3O3S. The largest absolute Gasteiger partial charge is 0.334 e. The van der Waals surface area contributed by atoms with E-state index in [1.165, 1.54) is 24.3 Å². The summed E-state index contributed by atoms with van der Waals surface area (Å²) < 4.78 is 13.4. The standard InChI is InChI=1S/C22H20FN3O3S/c23-17-7-3-5-15(11-17)12-19-21(28)26(22(29)30-19)14-20(27)25-10-2-1-8-18(25)16-6-4-9-24-13-16/h3-7,9,11-13,18H,1-2,8,10,14H2/b19-12-/t18-/m0/s1. The van der Waals surface area contributed by atoms with Crippen molar-refractivity contribution in [2.75, 3.05) is 13.1 Å². The third-order valence-electron chi connectivity index (χ3n) is 5.21. The molecule has 3 heterocycles. The van der Waals surface area contributed by atoms with Crippen molar-refractivity contribution >= 4 is 34.9 Å². The molecule has 0 radical (unpaired) electrons. The molecule has 1 aromatic heterocycles. The maximum Gasteiger partial charge on any atom is 0.294 e. The van der Waals surface area contributed by atoms with E-state index in [2.05, 4.69) is 4.98 Å². The van der Waals surface area contributed by atoms with Gasteiger partial charge in [0.2, 0.25) is 5.91 Å². The van der Waals surface area contributed by atoms with Gasteiger partial charge >= 0.3 is 0 Å². The topological polar surface area (TPSA) is 70.6 Å². The van der Waals surface area contributed by atoms with Crippen molar-refractivity contribution in [2.24, 2.45) is 0 Å². The van der Waals surface area contributed by atoms with Crippen molar-refractivity contribution < 1.29 is 18.8 Å². The van der Waals surface area contributed by atoms with Crippen molar-refractivity contribution in [1.82, 2.24) is 14.8 Å². The molecule has 30 heavy (non-hydrogen) atoms. The van der Waals surface area contributed by atoms with Crippen molar-refractivity contribution in [1.29, 1.82) is 0 Å². The van der Waals surface area contributed by atoms with Crippen LogP contribution in [0.15, 0.2) is 53.7 Å². The van der Waals surface area contributed by atoms with Crippen LogP contribution in [0, 0.1) is 5.82 Å². The molecule has 1 aromatic carbocycles. The van der Waals surface area contributed by atoms with Gasteiger partial charge in [0.15, 0.2) is 0 Å². The zero-order chi connectivity index (χ0) is 21.1. The van der Waals surface area contributed by atoms with Crippen LogP contribution >= 0.6 is 11.8 Å². The molecule has 0 N–H and O–H groups in total. The number of nitrogens with zero attached hydrogens (tertiary/aromatic N) is 3. The molecule has 6 nitrogen and oxygen atoms in total. The highest BCUT2D eigenvalue weighted by Crippen LogP contribution is 2.34. The first kappa shape index (κ1) is 20.3. The van der Waals surface area contributed by atoms with Crippen LogP contribution in [0.5, 0.6) is 0 Å². The Balaban J connectivity index is 1.49. The van der Waals surface area contributed by atoms with E-state index in [4.69, 9.17) is 0 Å². The van der Waals surface area contributed by atoms with Crippen LogP contribution in [0.1, 0.15) is 36.4 Å². The van der Waals surface area contributed by atoms with Crippen LogP contribution in [-0.4, -0.2) is 44.9 Å². The number of halogens is 1. The highest BCUT2D eigenvalue weighted by atomic mass is 32.2. The molecule has 4 rings (SSSR count). The summed E-state index contributed by atoms with van der Waals surface area (Å²) in [5.41, 5.74) is 1.44. The molecule has 0 aliphatic carbocycles. The van der Waals surface area contributed by atoms with Gasteiger partial charge in [-0.15, -0.1) is 0 Å². The molecule has 154 valence electrons. The summed E-state index contributed by atoms with van der Waals surface area (Å²) in [7, 11) is 0. The van der Waals surface area contributed by atoms with Gasteiger partial charge in [-0.25, -0.2) is 4.39 Å². The molecule has 2 aliphatic rings. The summed E-state index contributed by atoms with van der Waals surface area (Å²) in [4.78, 5) is 45.2. The quantitative estimate of drug-likeness (QED) is 0.693. The number of hydrogen-bond acceptors (Lipinski definition) is 5. The van der Waals surface area contributed by atoms with Gasteiger partial charge in [-0.05, 0) is 66.4 Å². The number of benzene rings is 1. The minimum atomic E-state index is -0.530. The number of carbonyl (C=O) groups excluding carboxylic acids is 3. The molecule has 0 saturated carbocycles. The number of thioether (sulfide) groups is 1. The van der Waals surface area contributed by atoms with Crippen LogP contribution in [0.4, 0.5) is 9.18 Å². The third-order valence-corrected chi connectivity index (χ3v) is 6.11. The van der Waals surface area contributed by atoms with E-state index >= 15 is 0 Å². The summed E-state index contributed by atoms with van der Waals surface area (Å²) >= 11 is 0.764. The van der Waals surface area contributed by atoms with E-state index in [0.717, 1.165) is 41.5 Å². The Kier molecular flexibility index (Phi) is 5.94. The van der Waals surface area contributed by atoms with Crippen LogP contribution in [0.2, 0.25) is 0 Å². The van der Waals surface area contributed by atoms with Crippen molar-refractivity contribution in [3.63, 3.8) is 0 Å². The molecular weight excluding hydrogens is 405 g/mol. The Bertz CT molecular complexity index is 1010. The number of carbonyl (C=O) groups is 3. The zero-order valence-corrected chi connectivity index (χ0v) is 17.0. The highest BCUT2D eigenvalue weighted by molar-refractivity contribution is 8.18. The highest BCUT2D eigenvalue weighted by Gasteiger charge is 2.38. The first-order valence-corrected chi connectivity index (χ1v) is 10.5. The Morgan fingerprint density at radius 2 is 2.10 bits per heavy atom. The maximum absolute atomic E-state index is 13.4. The number of rotatable bonds is 4. The van der Waals surface area contributed by atoms with E-state index in [0.29, 0.717) is 12.1 Å². The van der Waals surface area contributed by atoms with Crippen molar-refractivity contribution in [3.05, 3.63) is 70.6 Å². The average molecular weight is 425 g/mol. The number of piperidine rings is 1. The van der Waals surface area contributed by atoms with Crippen molar-refractivity contribution in [3.8, 4) is 0 Å². The fraction of sp³-hybridized carbons (Fsp3) is 0.273. The summed E-state index contributed by atoms with van der Waals surface area (Å²) in [6, 6.07) is 9.43. The molecule has 2 saturated heterocycles. The van der Waals surface area contributed by atoms with Gasteiger partial charge in [0, 0.05) is 18.9 Å². The average Bonchev–Trinajstić information content (AvgIpc) is 3.01. The van der Waals surface area contributed by atoms with Gasteiger partial charge in [0.25, 0.3) is 11.1 Å².